The van der Waals surface area contributed by atoms with Gasteiger partial charge in [-0.3, -0.25) is 40.6 Å². The number of fused-ring (bicyclic) bond motifs is 1. The van der Waals surface area contributed by atoms with Crippen LogP contribution in [0.5, 0.6) is 0 Å². The number of hydrazine groups is 1. The lowest BCUT2D eigenvalue weighted by molar-refractivity contribution is -0.528. The van der Waals surface area contributed by atoms with Gasteiger partial charge in [0.2, 0.25) is 17.9 Å². The first kappa shape index (κ1) is 25.2. The number of carbonyl (C=O) groups is 2. The smallest absolute Gasteiger partial charge is 0.237 e. The molecule has 12 heteroatoms. The van der Waals surface area contributed by atoms with Crippen molar-refractivity contribution in [3.63, 3.8) is 0 Å². The first-order valence-electron chi connectivity index (χ1n) is 12.9. The number of carbonyl (C=O) groups excluding carboxylic acids is 2. The Kier molecular flexibility index (Phi) is 9.06. The summed E-state index contributed by atoms with van der Waals surface area (Å²) in [6.45, 7) is 1.16. The zero-order chi connectivity index (χ0) is 23.9. The van der Waals surface area contributed by atoms with Crippen molar-refractivity contribution < 1.29 is 19.3 Å². The monoisotopic (exact) mass is 481 g/mol. The van der Waals surface area contributed by atoms with Crippen LogP contribution < -0.4 is 32.3 Å². The van der Waals surface area contributed by atoms with E-state index in [1.54, 1.807) is 0 Å². The lowest BCUT2D eigenvalue weighted by Gasteiger charge is -2.41. The minimum absolute atomic E-state index is 0.00543. The number of hydrogen-bond acceptors (Lipinski definition) is 9. The fourth-order valence-electron chi connectivity index (χ4n) is 5.89. The number of rotatable bonds is 10. The molecule has 7 atom stereocenters. The van der Waals surface area contributed by atoms with Crippen molar-refractivity contribution in [3.8, 4) is 0 Å². The summed E-state index contributed by atoms with van der Waals surface area (Å²) in [5, 5.41) is 20.8. The predicted octanol–water partition coefficient (Wildman–Crippen LogP) is 0.242. The van der Waals surface area contributed by atoms with Gasteiger partial charge in [0.05, 0.1) is 12.3 Å². The van der Waals surface area contributed by atoms with Crippen LogP contribution in [-0.4, -0.2) is 54.4 Å². The lowest BCUT2D eigenvalue weighted by Crippen LogP contribution is -2.64. The molecule has 192 valence electrons. The molecule has 0 spiro atoms. The molecule has 2 aliphatic heterocycles. The Hall–Kier alpha value is -1.86. The van der Waals surface area contributed by atoms with Crippen LogP contribution in [0.2, 0.25) is 0 Å². The van der Waals surface area contributed by atoms with Crippen molar-refractivity contribution in [3.05, 3.63) is 10.1 Å². The Balaban J connectivity index is 1.06. The van der Waals surface area contributed by atoms with Gasteiger partial charge in [0, 0.05) is 49.1 Å². The second kappa shape index (κ2) is 12.2. The zero-order valence-corrected chi connectivity index (χ0v) is 19.7. The molecule has 7 unspecified atom stereocenters. The van der Waals surface area contributed by atoms with E-state index < -0.39 is 6.04 Å². The van der Waals surface area contributed by atoms with E-state index in [1.165, 1.54) is 0 Å². The summed E-state index contributed by atoms with van der Waals surface area (Å²) in [7, 11) is 0. The molecule has 2 saturated heterocycles. The number of hydroxylamine groups is 1. The minimum atomic E-state index is -0.462. The van der Waals surface area contributed by atoms with E-state index in [-0.39, 0.29) is 47.1 Å². The van der Waals surface area contributed by atoms with E-state index in [0.717, 1.165) is 38.5 Å². The van der Waals surface area contributed by atoms with Gasteiger partial charge < -0.3 is 5.32 Å². The van der Waals surface area contributed by atoms with Gasteiger partial charge in [0.1, 0.15) is 6.23 Å². The molecule has 2 amide bonds. The summed E-state index contributed by atoms with van der Waals surface area (Å²) in [4.78, 5) is 40.8. The Morgan fingerprint density at radius 1 is 1.15 bits per heavy atom. The fourth-order valence-corrected chi connectivity index (χ4v) is 5.89. The summed E-state index contributed by atoms with van der Waals surface area (Å²) in [6, 6.07) is -0.462. The predicted molar refractivity (Wildman–Crippen MR) is 123 cm³/mol. The number of nitrogens with zero attached hydrogens (tertiary/aromatic N) is 1. The molecule has 6 N–H and O–H groups in total. The molecule has 34 heavy (non-hydrogen) atoms. The highest BCUT2D eigenvalue weighted by Crippen LogP contribution is 2.33. The third kappa shape index (κ3) is 6.63. The first-order chi connectivity index (χ1) is 16.5. The maximum absolute atomic E-state index is 12.2. The molecule has 2 aliphatic carbocycles. The van der Waals surface area contributed by atoms with Gasteiger partial charge in [0.15, 0.2) is 0 Å². The van der Waals surface area contributed by atoms with Crippen LogP contribution in [0.15, 0.2) is 0 Å². The highest BCUT2D eigenvalue weighted by molar-refractivity contribution is 5.79. The number of hydrogen-bond donors (Lipinski definition) is 6. The Morgan fingerprint density at radius 3 is 2.85 bits per heavy atom. The topological polar surface area (TPSA) is 159 Å². The first-order valence-corrected chi connectivity index (χ1v) is 12.9. The van der Waals surface area contributed by atoms with Crippen molar-refractivity contribution in [2.75, 3.05) is 13.1 Å². The van der Waals surface area contributed by atoms with Gasteiger partial charge in [-0.1, -0.05) is 12.8 Å². The van der Waals surface area contributed by atoms with Crippen molar-refractivity contribution in [2.24, 2.45) is 17.8 Å². The summed E-state index contributed by atoms with van der Waals surface area (Å²) >= 11 is 0. The third-order valence-corrected chi connectivity index (χ3v) is 7.78. The molecule has 12 nitrogen and oxygen atoms in total. The maximum Gasteiger partial charge on any atom is 0.237 e. The van der Waals surface area contributed by atoms with Crippen molar-refractivity contribution in [1.29, 1.82) is 0 Å². The van der Waals surface area contributed by atoms with Crippen LogP contribution in [0.3, 0.4) is 0 Å². The molecular formula is C22H39N7O5. The van der Waals surface area contributed by atoms with Gasteiger partial charge in [0.25, 0.3) is 0 Å². The van der Waals surface area contributed by atoms with Crippen LogP contribution >= 0.6 is 0 Å². The third-order valence-electron chi connectivity index (χ3n) is 7.78. The molecule has 2 heterocycles. The molecule has 4 fully saturated rings. The van der Waals surface area contributed by atoms with E-state index in [4.69, 9.17) is 4.84 Å². The minimum Gasteiger partial charge on any atom is -0.355 e. The van der Waals surface area contributed by atoms with E-state index in [0.29, 0.717) is 51.1 Å². The van der Waals surface area contributed by atoms with Crippen LogP contribution in [0.4, 0.5) is 0 Å². The van der Waals surface area contributed by atoms with Crippen molar-refractivity contribution in [1.82, 2.24) is 32.3 Å². The fraction of sp³-hybridized carbons (Fsp3) is 0.909. The Labute approximate surface area is 200 Å². The number of amides is 2. The van der Waals surface area contributed by atoms with Crippen LogP contribution in [0, 0.1) is 27.9 Å². The van der Waals surface area contributed by atoms with Crippen LogP contribution in [0.1, 0.15) is 70.6 Å². The molecule has 4 aliphatic rings. The van der Waals surface area contributed by atoms with Gasteiger partial charge in [-0.05, 0) is 44.4 Å². The van der Waals surface area contributed by atoms with E-state index in [2.05, 4.69) is 32.3 Å². The molecule has 0 bridgehead atoms. The Bertz CT molecular complexity index is 726. The second-order valence-electron chi connectivity index (χ2n) is 10.1. The molecule has 0 aromatic rings. The standard InChI is InChI=1S/C22H39N7O5/c30-18(23-11-12-24-21-16-7-1-2-8-17(16)22(31)27-26-21)9-4-10-19-25-20(28-34-19)14-5-3-6-15(13-14)29(32)33/h14-17,19-21,24-26,28H,1-13H2,(H,23,30)(H,27,31). The van der Waals surface area contributed by atoms with Gasteiger partial charge >= 0.3 is 0 Å². The lowest BCUT2D eigenvalue weighted by atomic mass is 9.76. The zero-order valence-electron chi connectivity index (χ0n) is 19.7. The summed E-state index contributed by atoms with van der Waals surface area (Å²) < 4.78 is 0. The van der Waals surface area contributed by atoms with Crippen LogP contribution in [0.25, 0.3) is 0 Å². The second-order valence-corrected chi connectivity index (χ2v) is 10.1. The van der Waals surface area contributed by atoms with E-state index in [1.807, 2.05) is 0 Å². The van der Waals surface area contributed by atoms with Crippen molar-refractivity contribution in [2.45, 2.75) is 95.2 Å². The molecule has 4 rings (SSSR count). The molecular weight excluding hydrogens is 442 g/mol. The van der Waals surface area contributed by atoms with E-state index in [9.17, 15) is 19.7 Å². The Morgan fingerprint density at radius 2 is 2.00 bits per heavy atom. The van der Waals surface area contributed by atoms with Gasteiger partial charge in [-0.2, -0.15) is 5.48 Å². The maximum atomic E-state index is 12.2. The molecule has 0 radical (unpaired) electrons. The van der Waals surface area contributed by atoms with E-state index >= 15 is 0 Å². The quantitative estimate of drug-likeness (QED) is 0.146. The average Bonchev–Trinajstić information content (AvgIpc) is 3.32. The molecule has 2 saturated carbocycles. The van der Waals surface area contributed by atoms with Crippen molar-refractivity contribution >= 4 is 11.8 Å². The SMILES string of the molecule is O=C(CCCC1NC(C2CCCC([N+](=O)[O-])C2)NO1)NCCNC1NNC(=O)C2CCCCC12. The normalized spacial score (nSPS) is 35.9. The highest BCUT2D eigenvalue weighted by atomic mass is 16.7. The van der Waals surface area contributed by atoms with Gasteiger partial charge in [-0.15, -0.1) is 0 Å². The number of nitro groups is 1. The molecule has 0 aromatic heterocycles. The largest absolute Gasteiger partial charge is 0.355 e. The summed E-state index contributed by atoms with van der Waals surface area (Å²) in [5.41, 5.74) is 8.84. The van der Waals surface area contributed by atoms with Crippen LogP contribution in [-0.2, 0) is 14.4 Å². The van der Waals surface area contributed by atoms with Gasteiger partial charge in [-0.25, -0.2) is 5.43 Å². The number of nitrogens with one attached hydrogen (secondary N) is 6. The molecule has 0 aromatic carbocycles. The average molecular weight is 482 g/mol. The highest BCUT2D eigenvalue weighted by Gasteiger charge is 2.40. The summed E-state index contributed by atoms with van der Waals surface area (Å²) in [6.07, 6.45) is 8.85. The summed E-state index contributed by atoms with van der Waals surface area (Å²) in [5.74, 6) is 0.660.